The lowest BCUT2D eigenvalue weighted by Gasteiger charge is -2.34. The summed E-state index contributed by atoms with van der Waals surface area (Å²) in [6, 6.07) is 13.1. The van der Waals surface area contributed by atoms with Crippen molar-refractivity contribution in [2.45, 2.75) is 33.1 Å². The molecule has 0 radical (unpaired) electrons. The van der Waals surface area contributed by atoms with Gasteiger partial charge < -0.3 is 9.80 Å². The largest absolute Gasteiger partial charge is 0.370 e. The fourth-order valence-electron chi connectivity index (χ4n) is 4.66. The highest BCUT2D eigenvalue weighted by Crippen LogP contribution is 2.34. The van der Waals surface area contributed by atoms with Crippen LogP contribution in [0.4, 0.5) is 15.8 Å². The Morgan fingerprint density at radius 3 is 2.71 bits per heavy atom. The molecule has 0 amide bonds. The first-order valence-corrected chi connectivity index (χ1v) is 12.2. The Kier molecular flexibility index (Phi) is 7.81. The van der Waals surface area contributed by atoms with Crippen LogP contribution in [0.2, 0.25) is 5.02 Å². The molecule has 35 heavy (non-hydrogen) atoms. The molecule has 1 aromatic heterocycles. The van der Waals surface area contributed by atoms with E-state index in [2.05, 4.69) is 20.9 Å². The zero-order valence-electron chi connectivity index (χ0n) is 20.3. The van der Waals surface area contributed by atoms with Gasteiger partial charge in [-0.3, -0.25) is 9.78 Å². The summed E-state index contributed by atoms with van der Waals surface area (Å²) < 4.78 is 14.1. The molecule has 0 saturated carbocycles. The third-order valence-electron chi connectivity index (χ3n) is 6.72. The van der Waals surface area contributed by atoms with E-state index in [0.29, 0.717) is 22.0 Å². The Balaban J connectivity index is 1.41. The number of allylic oxidation sites excluding steroid dienone is 2. The molecule has 0 spiro atoms. The predicted octanol–water partition coefficient (Wildman–Crippen LogP) is 6.44. The molecule has 0 atom stereocenters. The van der Waals surface area contributed by atoms with Crippen molar-refractivity contribution in [2.75, 3.05) is 29.9 Å². The zero-order chi connectivity index (χ0) is 24.9. The third-order valence-corrected chi connectivity index (χ3v) is 7.02. The minimum absolute atomic E-state index is 0.218. The molecule has 0 aliphatic carbocycles. The fraction of sp³-hybridized carbons (Fsp3) is 0.321. The molecule has 182 valence electrons. The van der Waals surface area contributed by atoms with E-state index in [1.807, 2.05) is 37.1 Å². The van der Waals surface area contributed by atoms with E-state index in [4.69, 9.17) is 11.6 Å². The first kappa shape index (κ1) is 24.9. The number of hydrogen-bond donors (Lipinski definition) is 0. The van der Waals surface area contributed by atoms with Gasteiger partial charge >= 0.3 is 0 Å². The second-order valence-corrected chi connectivity index (χ2v) is 9.45. The second kappa shape index (κ2) is 11.0. The number of halogens is 2. The molecular weight excluding hydrogens is 463 g/mol. The van der Waals surface area contributed by atoms with Crippen molar-refractivity contribution in [1.29, 1.82) is 0 Å². The lowest BCUT2D eigenvalue weighted by Crippen LogP contribution is -2.34. The van der Waals surface area contributed by atoms with Crippen LogP contribution in [-0.4, -0.2) is 37.2 Å². The summed E-state index contributed by atoms with van der Waals surface area (Å²) in [7, 11) is 1.93. The molecule has 1 aliphatic heterocycles. The van der Waals surface area contributed by atoms with Gasteiger partial charge in [0.15, 0.2) is 0 Å². The summed E-state index contributed by atoms with van der Waals surface area (Å²) in [6.45, 7) is 5.53. The first-order valence-electron chi connectivity index (χ1n) is 11.8. The topological polar surface area (TPSA) is 48.8 Å². The van der Waals surface area contributed by atoms with E-state index in [1.165, 1.54) is 6.08 Å². The minimum Gasteiger partial charge on any atom is -0.370 e. The summed E-state index contributed by atoms with van der Waals surface area (Å²) in [4.78, 5) is 23.8. The Morgan fingerprint density at radius 1 is 1.23 bits per heavy atom. The molecule has 7 heteroatoms. The molecule has 1 fully saturated rings. The van der Waals surface area contributed by atoms with Crippen LogP contribution in [0.15, 0.2) is 65.4 Å². The summed E-state index contributed by atoms with van der Waals surface area (Å²) in [5.74, 6) is 1.07. The van der Waals surface area contributed by atoms with Crippen molar-refractivity contribution >= 4 is 46.0 Å². The highest BCUT2D eigenvalue weighted by molar-refractivity contribution is 6.33. The maximum absolute atomic E-state index is 14.1. The second-order valence-electron chi connectivity index (χ2n) is 9.04. The van der Waals surface area contributed by atoms with E-state index in [1.54, 1.807) is 31.3 Å². The number of aromatic nitrogens is 1. The molecular formula is C28H30ClFN4O. The van der Waals surface area contributed by atoms with Crippen LogP contribution in [0.1, 0.15) is 32.3 Å². The quantitative estimate of drug-likeness (QED) is 0.172. The van der Waals surface area contributed by atoms with E-state index in [9.17, 15) is 9.18 Å². The van der Waals surface area contributed by atoms with Crippen LogP contribution in [0.3, 0.4) is 0 Å². The smallest absolute Gasteiger partial charge is 0.144 e. The summed E-state index contributed by atoms with van der Waals surface area (Å²) in [6.07, 6.45) is 6.88. The van der Waals surface area contributed by atoms with Crippen molar-refractivity contribution in [2.24, 2.45) is 10.9 Å². The lowest BCUT2D eigenvalue weighted by atomic mass is 9.89. The molecule has 3 aromatic rings. The van der Waals surface area contributed by atoms with Crippen LogP contribution in [-0.2, 0) is 11.2 Å². The Labute approximate surface area is 210 Å². The number of anilines is 2. The number of benzene rings is 2. The monoisotopic (exact) mass is 492 g/mol. The Hall–Kier alpha value is -3.25. The van der Waals surface area contributed by atoms with Gasteiger partial charge in [0, 0.05) is 43.1 Å². The predicted molar refractivity (Wildman–Crippen MR) is 143 cm³/mol. The third kappa shape index (κ3) is 5.70. The van der Waals surface area contributed by atoms with Gasteiger partial charge in [-0.15, -0.1) is 0 Å². The highest BCUT2D eigenvalue weighted by Gasteiger charge is 2.22. The normalized spacial score (nSPS) is 15.5. The highest BCUT2D eigenvalue weighted by atomic mass is 35.5. The van der Waals surface area contributed by atoms with Crippen molar-refractivity contribution in [3.05, 3.63) is 76.8 Å². The minimum atomic E-state index is -0.218. The number of nitrogens with zero attached hydrogens (tertiary/aromatic N) is 4. The number of fused-ring (bicyclic) bond motifs is 1. The van der Waals surface area contributed by atoms with Gasteiger partial charge in [0.25, 0.3) is 0 Å². The molecule has 5 nitrogen and oxygen atoms in total. The Morgan fingerprint density at radius 2 is 2.00 bits per heavy atom. The van der Waals surface area contributed by atoms with E-state index in [0.717, 1.165) is 66.9 Å². The van der Waals surface area contributed by atoms with Crippen LogP contribution < -0.4 is 9.80 Å². The first-order chi connectivity index (χ1) is 16.9. The van der Waals surface area contributed by atoms with Gasteiger partial charge in [-0.05, 0) is 87.1 Å². The molecule has 0 bridgehead atoms. The molecule has 1 saturated heterocycles. The number of carbonyl (C=O) groups excluding carboxylic acids is 1. The fourth-order valence-corrected chi connectivity index (χ4v) is 4.96. The molecule has 2 heterocycles. The van der Waals surface area contributed by atoms with Crippen molar-refractivity contribution in [3.8, 4) is 0 Å². The molecule has 0 N–H and O–H groups in total. The van der Waals surface area contributed by atoms with E-state index in [-0.39, 0.29) is 5.82 Å². The van der Waals surface area contributed by atoms with Crippen LogP contribution in [0.5, 0.6) is 0 Å². The average Bonchev–Trinajstić information content (AvgIpc) is 2.86. The number of amidine groups is 1. The van der Waals surface area contributed by atoms with Gasteiger partial charge in [-0.2, -0.15) is 0 Å². The number of aldehydes is 1. The van der Waals surface area contributed by atoms with E-state index >= 15 is 0 Å². The molecule has 1 aliphatic rings. The number of piperidine rings is 1. The van der Waals surface area contributed by atoms with Gasteiger partial charge in [0.1, 0.15) is 17.9 Å². The number of carbonyl (C=O) groups is 1. The Bertz CT molecular complexity index is 1280. The lowest BCUT2D eigenvalue weighted by molar-refractivity contribution is -0.104. The molecule has 4 rings (SSSR count). The van der Waals surface area contributed by atoms with Gasteiger partial charge in [-0.1, -0.05) is 17.7 Å². The maximum atomic E-state index is 14.1. The van der Waals surface area contributed by atoms with Gasteiger partial charge in [-0.25, -0.2) is 9.38 Å². The maximum Gasteiger partial charge on any atom is 0.144 e. The van der Waals surface area contributed by atoms with E-state index < -0.39 is 0 Å². The summed E-state index contributed by atoms with van der Waals surface area (Å²) in [5.41, 5.74) is 4.50. The van der Waals surface area contributed by atoms with Crippen LogP contribution >= 0.6 is 11.6 Å². The molecule has 0 unspecified atom stereocenters. The number of rotatable bonds is 6. The zero-order valence-corrected chi connectivity index (χ0v) is 21.1. The average molecular weight is 493 g/mol. The van der Waals surface area contributed by atoms with Crippen molar-refractivity contribution < 1.29 is 9.18 Å². The standard InChI is InChI=1S/C28H30ClFN4O/c1-19(12-16-35)32-20(2)33(3)23-7-9-27(25(29)18-23)34-14-10-21(11-15-34)17-22-6-8-26(30)24-5-4-13-31-28(22)24/h4-9,12-13,16,18,21H,10-11,14-15,17H2,1-3H3/b19-12-,32-20?. The van der Waals surface area contributed by atoms with Crippen molar-refractivity contribution in [3.63, 3.8) is 0 Å². The van der Waals surface area contributed by atoms with Gasteiger partial charge in [0.05, 0.1) is 16.2 Å². The van der Waals surface area contributed by atoms with Crippen LogP contribution in [0, 0.1) is 11.7 Å². The van der Waals surface area contributed by atoms with Crippen molar-refractivity contribution in [1.82, 2.24) is 4.98 Å². The van der Waals surface area contributed by atoms with Crippen LogP contribution in [0.25, 0.3) is 10.9 Å². The summed E-state index contributed by atoms with van der Waals surface area (Å²) in [5, 5.41) is 1.30. The summed E-state index contributed by atoms with van der Waals surface area (Å²) >= 11 is 6.70. The SMILES string of the molecule is CC(=N/C(C)=C\C=O)N(C)c1ccc(N2CCC(Cc3ccc(F)c4cccnc34)CC2)c(Cl)c1. The molecule has 2 aromatic carbocycles. The number of hydrogen-bond acceptors (Lipinski definition) is 4. The number of aliphatic imine (C=N–C) groups is 1. The number of pyridine rings is 1. The van der Waals surface area contributed by atoms with Gasteiger partial charge in [0.2, 0.25) is 0 Å².